The molecule has 0 aliphatic rings. The van der Waals surface area contributed by atoms with E-state index in [2.05, 4.69) is 0 Å². The Balaban J connectivity index is 2.99. The number of sulfonamides is 1. The summed E-state index contributed by atoms with van der Waals surface area (Å²) in [6.45, 7) is 5.19. The zero-order valence-electron chi connectivity index (χ0n) is 11.7. The SMILES string of the molecule is CCOc1ccc(S(=O)(=O)N(C)CCCN)cc1C. The predicted octanol–water partition coefficient (Wildman–Crippen LogP) is 1.36. The lowest BCUT2D eigenvalue weighted by molar-refractivity contribution is 0.337. The van der Waals surface area contributed by atoms with E-state index in [0.717, 1.165) is 5.56 Å². The Bertz CT molecular complexity index is 515. The lowest BCUT2D eigenvalue weighted by atomic mass is 10.2. The van der Waals surface area contributed by atoms with Gasteiger partial charge in [0.25, 0.3) is 0 Å². The van der Waals surface area contributed by atoms with Gasteiger partial charge in [0, 0.05) is 13.6 Å². The van der Waals surface area contributed by atoms with Crippen LogP contribution < -0.4 is 10.5 Å². The van der Waals surface area contributed by atoms with Gasteiger partial charge in [-0.15, -0.1) is 0 Å². The Kier molecular flexibility index (Phi) is 5.78. The van der Waals surface area contributed by atoms with E-state index in [1.165, 1.54) is 4.31 Å². The molecule has 0 aliphatic heterocycles. The third-order valence-electron chi connectivity index (χ3n) is 2.83. The summed E-state index contributed by atoms with van der Waals surface area (Å²) in [5.41, 5.74) is 6.21. The second kappa shape index (κ2) is 6.88. The molecule has 0 unspecified atom stereocenters. The molecule has 2 N–H and O–H groups in total. The first kappa shape index (κ1) is 15.9. The van der Waals surface area contributed by atoms with Crippen LogP contribution in [0.25, 0.3) is 0 Å². The molecule has 1 aromatic rings. The van der Waals surface area contributed by atoms with Crippen LogP contribution in [0.1, 0.15) is 18.9 Å². The number of aryl methyl sites for hydroxylation is 1. The van der Waals surface area contributed by atoms with Gasteiger partial charge in [0.05, 0.1) is 11.5 Å². The van der Waals surface area contributed by atoms with Crippen molar-refractivity contribution in [2.24, 2.45) is 5.73 Å². The lowest BCUT2D eigenvalue weighted by Crippen LogP contribution is -2.29. The molecule has 19 heavy (non-hydrogen) atoms. The van der Waals surface area contributed by atoms with Gasteiger partial charge >= 0.3 is 0 Å². The number of hydrogen-bond donors (Lipinski definition) is 1. The molecule has 0 saturated heterocycles. The van der Waals surface area contributed by atoms with Crippen molar-refractivity contribution in [2.45, 2.75) is 25.2 Å². The molecule has 0 spiro atoms. The minimum absolute atomic E-state index is 0.285. The molecule has 1 rings (SSSR count). The van der Waals surface area contributed by atoms with E-state index in [0.29, 0.717) is 31.9 Å². The first-order valence-electron chi connectivity index (χ1n) is 6.33. The normalized spacial score (nSPS) is 11.8. The van der Waals surface area contributed by atoms with E-state index in [-0.39, 0.29) is 4.90 Å². The Morgan fingerprint density at radius 1 is 1.37 bits per heavy atom. The molecular formula is C13H22N2O3S. The third kappa shape index (κ3) is 3.92. The topological polar surface area (TPSA) is 72.6 Å². The van der Waals surface area contributed by atoms with Crippen LogP contribution in [0, 0.1) is 6.92 Å². The second-order valence-corrected chi connectivity index (χ2v) is 6.37. The summed E-state index contributed by atoms with van der Waals surface area (Å²) in [5.74, 6) is 0.714. The van der Waals surface area contributed by atoms with Gasteiger partial charge in [-0.1, -0.05) is 0 Å². The van der Waals surface area contributed by atoms with Crippen molar-refractivity contribution in [3.63, 3.8) is 0 Å². The maximum absolute atomic E-state index is 12.3. The maximum atomic E-state index is 12.3. The Morgan fingerprint density at radius 3 is 2.58 bits per heavy atom. The molecule has 6 heteroatoms. The highest BCUT2D eigenvalue weighted by Gasteiger charge is 2.20. The first-order chi connectivity index (χ1) is 8.93. The number of nitrogens with two attached hydrogens (primary N) is 1. The molecule has 0 amide bonds. The second-order valence-electron chi connectivity index (χ2n) is 4.33. The number of rotatable bonds is 7. The fourth-order valence-corrected chi connectivity index (χ4v) is 3.01. The summed E-state index contributed by atoms with van der Waals surface area (Å²) in [7, 11) is -1.88. The lowest BCUT2D eigenvalue weighted by Gasteiger charge is -2.17. The van der Waals surface area contributed by atoms with E-state index in [1.807, 2.05) is 13.8 Å². The van der Waals surface area contributed by atoms with E-state index in [4.69, 9.17) is 10.5 Å². The summed E-state index contributed by atoms with van der Waals surface area (Å²) in [6.07, 6.45) is 0.645. The van der Waals surface area contributed by atoms with Crippen molar-refractivity contribution in [3.8, 4) is 5.75 Å². The van der Waals surface area contributed by atoms with Crippen molar-refractivity contribution < 1.29 is 13.2 Å². The summed E-state index contributed by atoms with van der Waals surface area (Å²) in [6, 6.07) is 4.91. The van der Waals surface area contributed by atoms with Gasteiger partial charge in [-0.25, -0.2) is 12.7 Å². The van der Waals surface area contributed by atoms with Gasteiger partial charge in [0.15, 0.2) is 0 Å². The molecule has 0 heterocycles. The van der Waals surface area contributed by atoms with Crippen molar-refractivity contribution in [2.75, 3.05) is 26.7 Å². The molecule has 0 aromatic heterocycles. The van der Waals surface area contributed by atoms with Gasteiger partial charge in [-0.3, -0.25) is 0 Å². The zero-order valence-corrected chi connectivity index (χ0v) is 12.5. The molecule has 0 radical (unpaired) electrons. The number of benzene rings is 1. The molecule has 0 atom stereocenters. The summed E-state index contributed by atoms with van der Waals surface area (Å²) in [4.78, 5) is 0.285. The fraction of sp³-hybridized carbons (Fsp3) is 0.538. The van der Waals surface area contributed by atoms with Crippen molar-refractivity contribution >= 4 is 10.0 Å². The molecule has 0 fully saturated rings. The van der Waals surface area contributed by atoms with Crippen LogP contribution in [0.4, 0.5) is 0 Å². The minimum atomic E-state index is -3.44. The highest BCUT2D eigenvalue weighted by Crippen LogP contribution is 2.23. The van der Waals surface area contributed by atoms with Gasteiger partial charge < -0.3 is 10.5 Å². The molecule has 5 nitrogen and oxygen atoms in total. The fourth-order valence-electron chi connectivity index (χ4n) is 1.71. The average molecular weight is 286 g/mol. The predicted molar refractivity (Wildman–Crippen MR) is 75.8 cm³/mol. The van der Waals surface area contributed by atoms with Crippen molar-refractivity contribution in [1.29, 1.82) is 0 Å². The standard InChI is InChI=1S/C13H22N2O3S/c1-4-18-13-7-6-12(10-11(13)2)19(16,17)15(3)9-5-8-14/h6-7,10H,4-5,8-9,14H2,1-3H3. The van der Waals surface area contributed by atoms with Crippen LogP contribution in [-0.4, -0.2) is 39.5 Å². The minimum Gasteiger partial charge on any atom is -0.494 e. The Labute approximate surface area is 115 Å². The molecule has 0 bridgehead atoms. The smallest absolute Gasteiger partial charge is 0.242 e. The van der Waals surface area contributed by atoms with E-state index < -0.39 is 10.0 Å². The van der Waals surface area contributed by atoms with Crippen LogP contribution in [0.2, 0.25) is 0 Å². The third-order valence-corrected chi connectivity index (χ3v) is 4.68. The van der Waals surface area contributed by atoms with E-state index >= 15 is 0 Å². The highest BCUT2D eigenvalue weighted by molar-refractivity contribution is 7.89. The molecule has 0 saturated carbocycles. The Morgan fingerprint density at radius 2 is 2.05 bits per heavy atom. The molecule has 108 valence electrons. The van der Waals surface area contributed by atoms with Crippen LogP contribution in [0.15, 0.2) is 23.1 Å². The maximum Gasteiger partial charge on any atom is 0.242 e. The average Bonchev–Trinajstić information content (AvgIpc) is 2.38. The molecular weight excluding hydrogens is 264 g/mol. The summed E-state index contributed by atoms with van der Waals surface area (Å²) in [5, 5.41) is 0. The van der Waals surface area contributed by atoms with Crippen molar-refractivity contribution in [3.05, 3.63) is 23.8 Å². The monoisotopic (exact) mass is 286 g/mol. The van der Waals surface area contributed by atoms with Crippen LogP contribution in [-0.2, 0) is 10.0 Å². The quantitative estimate of drug-likeness (QED) is 0.821. The van der Waals surface area contributed by atoms with E-state index in [9.17, 15) is 8.42 Å². The first-order valence-corrected chi connectivity index (χ1v) is 7.77. The largest absolute Gasteiger partial charge is 0.494 e. The summed E-state index contributed by atoms with van der Waals surface area (Å²) < 4.78 is 31.3. The van der Waals surface area contributed by atoms with Gasteiger partial charge in [0.2, 0.25) is 10.0 Å². The molecule has 0 aliphatic carbocycles. The summed E-state index contributed by atoms with van der Waals surface area (Å²) >= 11 is 0. The van der Waals surface area contributed by atoms with E-state index in [1.54, 1.807) is 25.2 Å². The molecule has 1 aromatic carbocycles. The van der Waals surface area contributed by atoms with Crippen LogP contribution >= 0.6 is 0 Å². The number of hydrogen-bond acceptors (Lipinski definition) is 4. The van der Waals surface area contributed by atoms with Gasteiger partial charge in [0.1, 0.15) is 5.75 Å². The van der Waals surface area contributed by atoms with Crippen molar-refractivity contribution in [1.82, 2.24) is 4.31 Å². The highest BCUT2D eigenvalue weighted by atomic mass is 32.2. The van der Waals surface area contributed by atoms with Gasteiger partial charge in [-0.2, -0.15) is 0 Å². The number of ether oxygens (including phenoxy) is 1. The van der Waals surface area contributed by atoms with Gasteiger partial charge in [-0.05, 0) is 50.6 Å². The number of nitrogens with zero attached hydrogens (tertiary/aromatic N) is 1. The van der Waals surface area contributed by atoms with Crippen LogP contribution in [0.3, 0.4) is 0 Å². The van der Waals surface area contributed by atoms with Crippen LogP contribution in [0.5, 0.6) is 5.75 Å². The zero-order chi connectivity index (χ0) is 14.5. The Hall–Kier alpha value is -1.11.